The second-order valence-electron chi connectivity index (χ2n) is 3.70. The minimum absolute atomic E-state index is 0.123. The van der Waals surface area contributed by atoms with Gasteiger partial charge in [-0.2, -0.15) is 0 Å². The molecule has 0 aromatic rings. The highest BCUT2D eigenvalue weighted by atomic mass is 32.2. The van der Waals surface area contributed by atoms with E-state index in [0.717, 1.165) is 25.9 Å². The summed E-state index contributed by atoms with van der Waals surface area (Å²) in [4.78, 5) is 0. The topological polar surface area (TPSA) is 55.4 Å². The molecule has 2 aliphatic rings. The van der Waals surface area contributed by atoms with Gasteiger partial charge in [0.2, 0.25) is 0 Å². The van der Waals surface area contributed by atoms with Crippen molar-refractivity contribution < 1.29 is 13.2 Å². The van der Waals surface area contributed by atoms with Gasteiger partial charge < -0.3 is 10.1 Å². The monoisotopic (exact) mass is 205 g/mol. The Morgan fingerprint density at radius 2 is 1.69 bits per heavy atom. The van der Waals surface area contributed by atoms with Crippen LogP contribution in [0.4, 0.5) is 0 Å². The van der Waals surface area contributed by atoms with Crippen LogP contribution in [0.25, 0.3) is 0 Å². The Morgan fingerprint density at radius 3 is 2.15 bits per heavy atom. The van der Waals surface area contributed by atoms with Gasteiger partial charge in [-0.1, -0.05) is 0 Å². The van der Waals surface area contributed by atoms with E-state index in [4.69, 9.17) is 4.74 Å². The van der Waals surface area contributed by atoms with Crippen molar-refractivity contribution in [3.05, 3.63) is 0 Å². The maximum Gasteiger partial charge on any atom is 0.160 e. The fourth-order valence-corrected chi connectivity index (χ4v) is 3.81. The summed E-state index contributed by atoms with van der Waals surface area (Å²) < 4.78 is 28.6. The van der Waals surface area contributed by atoms with Gasteiger partial charge in [-0.15, -0.1) is 0 Å². The van der Waals surface area contributed by atoms with Crippen LogP contribution in [0.2, 0.25) is 0 Å². The van der Waals surface area contributed by atoms with Crippen molar-refractivity contribution in [1.82, 2.24) is 5.32 Å². The highest BCUT2D eigenvalue weighted by Crippen LogP contribution is 2.22. The van der Waals surface area contributed by atoms with Gasteiger partial charge in [0.05, 0.1) is 18.5 Å². The molecule has 0 aromatic heterocycles. The Labute approximate surface area is 78.6 Å². The molecular formula is C8H15NO3S. The molecule has 0 atom stereocenters. The molecule has 0 unspecified atom stereocenters. The van der Waals surface area contributed by atoms with Gasteiger partial charge in [0.25, 0.3) is 0 Å². The van der Waals surface area contributed by atoms with E-state index in [9.17, 15) is 8.42 Å². The van der Waals surface area contributed by atoms with Crippen LogP contribution in [-0.4, -0.2) is 45.2 Å². The van der Waals surface area contributed by atoms with E-state index in [1.165, 1.54) is 0 Å². The third-order valence-corrected chi connectivity index (χ3v) is 5.42. The summed E-state index contributed by atoms with van der Waals surface area (Å²) in [5, 5.41) is 2.83. The zero-order valence-electron chi connectivity index (χ0n) is 7.53. The lowest BCUT2D eigenvalue weighted by molar-refractivity contribution is 0.0410. The molecule has 76 valence electrons. The summed E-state index contributed by atoms with van der Waals surface area (Å²) in [5.74, 6) is 0. The predicted octanol–water partition coefficient (Wildman–Crippen LogP) is -0.448. The molecule has 2 rings (SSSR count). The van der Waals surface area contributed by atoms with Crippen molar-refractivity contribution in [2.75, 3.05) is 26.3 Å². The lowest BCUT2D eigenvalue weighted by Crippen LogP contribution is -2.48. The van der Waals surface area contributed by atoms with Crippen molar-refractivity contribution >= 4 is 9.84 Å². The first-order valence-electron chi connectivity index (χ1n) is 4.72. The average molecular weight is 205 g/mol. The zero-order chi connectivity index (χ0) is 9.31. The Hall–Kier alpha value is -0.130. The van der Waals surface area contributed by atoms with Gasteiger partial charge in [0, 0.05) is 0 Å². The van der Waals surface area contributed by atoms with Gasteiger partial charge in [-0.05, 0) is 25.9 Å². The lowest BCUT2D eigenvalue weighted by atomic mass is 10.2. The number of piperidine rings is 1. The first kappa shape index (κ1) is 9.43. The molecule has 5 heteroatoms. The van der Waals surface area contributed by atoms with Crippen molar-refractivity contribution in [1.29, 1.82) is 0 Å². The molecule has 2 aliphatic heterocycles. The largest absolute Gasteiger partial charge is 0.379 e. The van der Waals surface area contributed by atoms with Crippen molar-refractivity contribution in [2.45, 2.75) is 23.3 Å². The van der Waals surface area contributed by atoms with Gasteiger partial charge >= 0.3 is 0 Å². The molecule has 0 amide bonds. The lowest BCUT2D eigenvalue weighted by Gasteiger charge is -2.31. The summed E-state index contributed by atoms with van der Waals surface area (Å²) in [5.41, 5.74) is 0. The van der Waals surface area contributed by atoms with Crippen LogP contribution in [0.15, 0.2) is 0 Å². The van der Waals surface area contributed by atoms with Crippen LogP contribution in [0.5, 0.6) is 0 Å². The van der Waals surface area contributed by atoms with Crippen LogP contribution in [0.3, 0.4) is 0 Å². The van der Waals surface area contributed by atoms with E-state index >= 15 is 0 Å². The fourth-order valence-electron chi connectivity index (χ4n) is 1.80. The number of sulfone groups is 1. The van der Waals surface area contributed by atoms with E-state index in [2.05, 4.69) is 5.32 Å². The number of rotatable bonds is 2. The first-order chi connectivity index (χ1) is 6.21. The Bertz CT molecular complexity index is 265. The van der Waals surface area contributed by atoms with Crippen LogP contribution in [0, 0.1) is 0 Å². The normalized spacial score (nSPS) is 27.1. The van der Waals surface area contributed by atoms with Crippen LogP contribution < -0.4 is 5.32 Å². The standard InChI is InChI=1S/C8H15NO3S/c10-13(11,8-5-12-6-8)7-1-3-9-4-2-7/h7-9H,1-6H2. The molecule has 0 aromatic carbocycles. The van der Waals surface area contributed by atoms with E-state index in [0.29, 0.717) is 13.2 Å². The number of ether oxygens (including phenoxy) is 1. The van der Waals surface area contributed by atoms with Gasteiger partial charge in [-0.25, -0.2) is 8.42 Å². The van der Waals surface area contributed by atoms with Crippen LogP contribution in [-0.2, 0) is 14.6 Å². The summed E-state index contributed by atoms with van der Waals surface area (Å²) in [7, 11) is -2.89. The third-order valence-electron chi connectivity index (χ3n) is 2.82. The van der Waals surface area contributed by atoms with Crippen molar-refractivity contribution in [3.8, 4) is 0 Å². The van der Waals surface area contributed by atoms with Gasteiger partial charge in [0.15, 0.2) is 9.84 Å². The molecule has 0 spiro atoms. The molecular weight excluding hydrogens is 190 g/mol. The molecule has 2 saturated heterocycles. The molecule has 2 fully saturated rings. The first-order valence-corrected chi connectivity index (χ1v) is 6.33. The SMILES string of the molecule is O=S(=O)(C1CCNCC1)C1COC1. The smallest absolute Gasteiger partial charge is 0.160 e. The van der Waals surface area contributed by atoms with E-state index in [1.54, 1.807) is 0 Å². The van der Waals surface area contributed by atoms with Crippen LogP contribution >= 0.6 is 0 Å². The molecule has 0 saturated carbocycles. The second-order valence-corrected chi connectivity index (χ2v) is 6.21. The van der Waals surface area contributed by atoms with E-state index < -0.39 is 9.84 Å². The van der Waals surface area contributed by atoms with Crippen LogP contribution in [0.1, 0.15) is 12.8 Å². The Kier molecular flexibility index (Phi) is 2.58. The molecule has 2 heterocycles. The Balaban J connectivity index is 2.03. The summed E-state index contributed by atoms with van der Waals surface area (Å²) in [6.45, 7) is 2.48. The molecule has 1 N–H and O–H groups in total. The zero-order valence-corrected chi connectivity index (χ0v) is 8.35. The maximum absolute atomic E-state index is 11.9. The summed E-state index contributed by atoms with van der Waals surface area (Å²) in [6.07, 6.45) is 1.53. The van der Waals surface area contributed by atoms with E-state index in [-0.39, 0.29) is 10.5 Å². The number of hydrogen-bond donors (Lipinski definition) is 1. The Morgan fingerprint density at radius 1 is 1.08 bits per heavy atom. The predicted molar refractivity (Wildman–Crippen MR) is 49.4 cm³/mol. The summed E-state index contributed by atoms with van der Waals surface area (Å²) in [6, 6.07) is 0. The average Bonchev–Trinajstić information content (AvgIpc) is 2.02. The second kappa shape index (κ2) is 3.55. The molecule has 0 aliphatic carbocycles. The quantitative estimate of drug-likeness (QED) is 0.663. The highest BCUT2D eigenvalue weighted by molar-refractivity contribution is 7.92. The highest BCUT2D eigenvalue weighted by Gasteiger charge is 2.38. The number of nitrogens with one attached hydrogen (secondary N) is 1. The number of hydrogen-bond acceptors (Lipinski definition) is 4. The fraction of sp³-hybridized carbons (Fsp3) is 1.00. The van der Waals surface area contributed by atoms with Crippen molar-refractivity contribution in [2.24, 2.45) is 0 Å². The molecule has 4 nitrogen and oxygen atoms in total. The minimum atomic E-state index is -2.89. The van der Waals surface area contributed by atoms with Crippen molar-refractivity contribution in [3.63, 3.8) is 0 Å². The molecule has 0 radical (unpaired) electrons. The van der Waals surface area contributed by atoms with E-state index in [1.807, 2.05) is 0 Å². The minimum Gasteiger partial charge on any atom is -0.379 e. The van der Waals surface area contributed by atoms with Gasteiger partial charge in [-0.3, -0.25) is 0 Å². The molecule has 13 heavy (non-hydrogen) atoms. The third kappa shape index (κ3) is 1.73. The van der Waals surface area contributed by atoms with Gasteiger partial charge in [0.1, 0.15) is 5.25 Å². The molecule has 0 bridgehead atoms. The maximum atomic E-state index is 11.9. The summed E-state index contributed by atoms with van der Waals surface area (Å²) >= 11 is 0.